The van der Waals surface area contributed by atoms with Crippen molar-refractivity contribution in [3.8, 4) is 0 Å². The van der Waals surface area contributed by atoms with Crippen molar-refractivity contribution in [2.75, 3.05) is 0 Å². The van der Waals surface area contributed by atoms with E-state index in [4.69, 9.17) is 0 Å². The van der Waals surface area contributed by atoms with E-state index in [2.05, 4.69) is 0 Å². The number of hydrogen-bond acceptors (Lipinski definition) is 4. The molecule has 0 aliphatic carbocycles. The summed E-state index contributed by atoms with van der Waals surface area (Å²) in [5.41, 5.74) is 3.45. The second-order valence-corrected chi connectivity index (χ2v) is 9.64. The summed E-state index contributed by atoms with van der Waals surface area (Å²) in [4.78, 5) is 29.1. The molecule has 3 aromatic rings. The maximum atomic E-state index is 12.3. The fourth-order valence-electron chi connectivity index (χ4n) is 2.99. The smallest absolute Gasteiger partial charge is 0.186 e. The molecule has 0 saturated heterocycles. The molecule has 4 heteroatoms. The molecule has 2 nitrogen and oxygen atoms in total. The topological polar surface area (TPSA) is 34.1 Å². The van der Waals surface area contributed by atoms with Crippen molar-refractivity contribution >= 4 is 46.4 Å². The minimum Gasteiger partial charge on any atom is -0.289 e. The summed E-state index contributed by atoms with van der Waals surface area (Å²) in [7, 11) is 0. The van der Waals surface area contributed by atoms with E-state index in [-0.39, 0.29) is 11.6 Å². The second-order valence-electron chi connectivity index (χ2n) is 6.72. The lowest BCUT2D eigenvalue weighted by Gasteiger charge is -1.97. The molecule has 0 bridgehead atoms. The predicted molar refractivity (Wildman–Crippen MR) is 121 cm³/mol. The molecule has 1 aromatic carbocycles. The molecular formula is C24H22O2S2. The zero-order valence-electron chi connectivity index (χ0n) is 16.4. The van der Waals surface area contributed by atoms with E-state index in [1.165, 1.54) is 0 Å². The largest absolute Gasteiger partial charge is 0.289 e. The molecule has 0 aliphatic rings. The van der Waals surface area contributed by atoms with Crippen LogP contribution in [0, 0.1) is 27.7 Å². The number of carbonyl (C=O) groups excluding carboxylic acids is 2. The third-order valence-corrected chi connectivity index (χ3v) is 6.34. The molecule has 0 unspecified atom stereocenters. The van der Waals surface area contributed by atoms with Crippen LogP contribution >= 0.6 is 22.7 Å². The van der Waals surface area contributed by atoms with Crippen LogP contribution in [0.3, 0.4) is 0 Å². The number of allylic oxidation sites excluding steroid dienone is 2. The van der Waals surface area contributed by atoms with E-state index in [0.717, 1.165) is 41.8 Å². The number of carbonyl (C=O) groups is 2. The van der Waals surface area contributed by atoms with Crippen LogP contribution in [0.1, 0.15) is 51.4 Å². The second kappa shape index (κ2) is 8.63. The summed E-state index contributed by atoms with van der Waals surface area (Å²) in [6.07, 6.45) is 6.88. The summed E-state index contributed by atoms with van der Waals surface area (Å²) in [6, 6.07) is 11.7. The molecule has 0 radical (unpaired) electrons. The van der Waals surface area contributed by atoms with Crippen LogP contribution in [-0.2, 0) is 0 Å². The Hall–Kier alpha value is -2.56. The molecule has 0 fully saturated rings. The van der Waals surface area contributed by atoms with Crippen molar-refractivity contribution < 1.29 is 9.59 Å². The number of rotatable bonds is 6. The quantitative estimate of drug-likeness (QED) is 0.332. The van der Waals surface area contributed by atoms with E-state index >= 15 is 0 Å². The standard InChI is InChI=1S/C24H22O2S2/c1-15-13-21(17(3)27-15)23(25)11-9-19-5-7-20(8-6-19)10-12-24(26)22-14-16(2)28-18(22)4/h5-14H,1-4H3/b11-9+,12-10+. The van der Waals surface area contributed by atoms with Crippen LogP contribution in [0.2, 0.25) is 0 Å². The summed E-state index contributed by atoms with van der Waals surface area (Å²) >= 11 is 3.28. The maximum absolute atomic E-state index is 12.3. The van der Waals surface area contributed by atoms with Gasteiger partial charge in [-0.25, -0.2) is 0 Å². The first-order chi connectivity index (χ1) is 13.3. The molecule has 3 rings (SSSR count). The number of ketones is 2. The third kappa shape index (κ3) is 4.83. The van der Waals surface area contributed by atoms with Gasteiger partial charge in [-0.15, -0.1) is 22.7 Å². The Morgan fingerprint density at radius 3 is 1.32 bits per heavy atom. The first-order valence-corrected chi connectivity index (χ1v) is 10.7. The maximum Gasteiger partial charge on any atom is 0.186 e. The normalized spacial score (nSPS) is 11.6. The van der Waals surface area contributed by atoms with Crippen molar-refractivity contribution in [1.29, 1.82) is 0 Å². The van der Waals surface area contributed by atoms with Crippen LogP contribution in [-0.4, -0.2) is 11.6 Å². The van der Waals surface area contributed by atoms with Gasteiger partial charge in [-0.1, -0.05) is 36.4 Å². The van der Waals surface area contributed by atoms with Gasteiger partial charge in [0.25, 0.3) is 0 Å². The molecule has 0 spiro atoms. The highest BCUT2D eigenvalue weighted by atomic mass is 32.1. The molecule has 28 heavy (non-hydrogen) atoms. The number of benzene rings is 1. The fourth-order valence-corrected chi connectivity index (χ4v) is 4.85. The Balaban J connectivity index is 1.66. The Labute approximate surface area is 173 Å². The van der Waals surface area contributed by atoms with E-state index in [1.54, 1.807) is 34.8 Å². The highest BCUT2D eigenvalue weighted by Gasteiger charge is 2.09. The summed E-state index contributed by atoms with van der Waals surface area (Å²) in [5, 5.41) is 0. The van der Waals surface area contributed by atoms with Gasteiger partial charge >= 0.3 is 0 Å². The van der Waals surface area contributed by atoms with Crippen LogP contribution in [0.4, 0.5) is 0 Å². The number of thiophene rings is 2. The van der Waals surface area contributed by atoms with Gasteiger partial charge in [-0.3, -0.25) is 9.59 Å². The average Bonchev–Trinajstić information content (AvgIpc) is 3.18. The third-order valence-electron chi connectivity index (χ3n) is 4.40. The van der Waals surface area contributed by atoms with E-state index in [1.807, 2.05) is 76.2 Å². The molecule has 2 aromatic heterocycles. The minimum atomic E-state index is 0.0258. The summed E-state index contributed by atoms with van der Waals surface area (Å²) in [5.74, 6) is 0.0516. The Morgan fingerprint density at radius 2 is 1.04 bits per heavy atom. The lowest BCUT2D eigenvalue weighted by molar-refractivity contribution is 0.103. The Kier molecular flexibility index (Phi) is 6.22. The lowest BCUT2D eigenvalue weighted by atomic mass is 10.1. The fraction of sp³-hybridized carbons (Fsp3) is 0.167. The molecule has 0 N–H and O–H groups in total. The highest BCUT2D eigenvalue weighted by molar-refractivity contribution is 7.12. The van der Waals surface area contributed by atoms with Crippen LogP contribution in [0.15, 0.2) is 48.6 Å². The van der Waals surface area contributed by atoms with Crippen molar-refractivity contribution in [2.45, 2.75) is 27.7 Å². The van der Waals surface area contributed by atoms with Crippen molar-refractivity contribution in [2.24, 2.45) is 0 Å². The SMILES string of the molecule is Cc1cc(C(=O)/C=C/c2ccc(/C=C/C(=O)c3cc(C)sc3C)cc2)c(C)s1. The van der Waals surface area contributed by atoms with Gasteiger partial charge in [-0.05, 0) is 63.1 Å². The molecular weight excluding hydrogens is 384 g/mol. The predicted octanol–water partition coefficient (Wildman–Crippen LogP) is 6.84. The van der Waals surface area contributed by atoms with Gasteiger partial charge in [0, 0.05) is 30.6 Å². The van der Waals surface area contributed by atoms with E-state index in [9.17, 15) is 9.59 Å². The molecule has 142 valence electrons. The minimum absolute atomic E-state index is 0.0258. The van der Waals surface area contributed by atoms with Crippen molar-refractivity contribution in [3.63, 3.8) is 0 Å². The average molecular weight is 407 g/mol. The highest BCUT2D eigenvalue weighted by Crippen LogP contribution is 2.22. The zero-order valence-corrected chi connectivity index (χ0v) is 18.0. The van der Waals surface area contributed by atoms with Gasteiger partial charge in [0.15, 0.2) is 11.6 Å². The van der Waals surface area contributed by atoms with Crippen molar-refractivity contribution in [3.05, 3.63) is 90.3 Å². The monoisotopic (exact) mass is 406 g/mol. The first-order valence-electron chi connectivity index (χ1n) is 9.02. The zero-order chi connectivity index (χ0) is 20.3. The Bertz CT molecular complexity index is 989. The molecule has 0 atom stereocenters. The van der Waals surface area contributed by atoms with Gasteiger partial charge < -0.3 is 0 Å². The van der Waals surface area contributed by atoms with Gasteiger partial charge in [0.05, 0.1) is 0 Å². The van der Waals surface area contributed by atoms with Crippen molar-refractivity contribution in [1.82, 2.24) is 0 Å². The van der Waals surface area contributed by atoms with E-state index < -0.39 is 0 Å². The van der Waals surface area contributed by atoms with E-state index in [0.29, 0.717) is 0 Å². The number of aryl methyl sites for hydroxylation is 4. The summed E-state index contributed by atoms with van der Waals surface area (Å²) in [6.45, 7) is 7.96. The van der Waals surface area contributed by atoms with Crippen LogP contribution < -0.4 is 0 Å². The lowest BCUT2D eigenvalue weighted by Crippen LogP contribution is -1.93. The Morgan fingerprint density at radius 1 is 0.679 bits per heavy atom. The first kappa shape index (κ1) is 20.2. The molecule has 0 saturated carbocycles. The van der Waals surface area contributed by atoms with Gasteiger partial charge in [-0.2, -0.15) is 0 Å². The van der Waals surface area contributed by atoms with Crippen LogP contribution in [0.25, 0.3) is 12.2 Å². The van der Waals surface area contributed by atoms with Crippen LogP contribution in [0.5, 0.6) is 0 Å². The van der Waals surface area contributed by atoms with Gasteiger partial charge in [0.2, 0.25) is 0 Å². The molecule has 0 amide bonds. The number of hydrogen-bond donors (Lipinski definition) is 0. The molecule has 2 heterocycles. The molecule has 0 aliphatic heterocycles. The van der Waals surface area contributed by atoms with Gasteiger partial charge in [0.1, 0.15) is 0 Å². The summed E-state index contributed by atoms with van der Waals surface area (Å²) < 4.78 is 0.